The van der Waals surface area contributed by atoms with Crippen LogP contribution < -0.4 is 0 Å². The third-order valence-electron chi connectivity index (χ3n) is 6.02. The number of rotatable bonds is 0. The summed E-state index contributed by atoms with van der Waals surface area (Å²) >= 11 is 5.06. The van der Waals surface area contributed by atoms with Gasteiger partial charge in [0.15, 0.2) is 0 Å². The fraction of sp³-hybridized carbons (Fsp3) is 0.0400. The minimum absolute atomic E-state index is 0.215. The van der Waals surface area contributed by atoms with Crippen molar-refractivity contribution in [2.24, 2.45) is 0 Å². The van der Waals surface area contributed by atoms with E-state index in [1.807, 2.05) is 0 Å². The van der Waals surface area contributed by atoms with Gasteiger partial charge in [-0.1, -0.05) is 72.8 Å². The van der Waals surface area contributed by atoms with Crippen LogP contribution in [0, 0.1) is 7.14 Å². The van der Waals surface area contributed by atoms with Crippen LogP contribution in [0.25, 0.3) is 22.3 Å². The Morgan fingerprint density at radius 2 is 0.852 bits per heavy atom. The third-order valence-corrected chi connectivity index (χ3v) is 7.82. The van der Waals surface area contributed by atoms with Crippen molar-refractivity contribution in [1.82, 2.24) is 0 Å². The molecule has 0 nitrogen and oxygen atoms in total. The maximum Gasteiger partial charge on any atom is 0.0746 e. The van der Waals surface area contributed by atoms with Gasteiger partial charge in [-0.2, -0.15) is 0 Å². The second-order valence-corrected chi connectivity index (χ2v) is 9.49. The zero-order valence-electron chi connectivity index (χ0n) is 14.3. The van der Waals surface area contributed by atoms with Crippen molar-refractivity contribution < 1.29 is 0 Å². The lowest BCUT2D eigenvalue weighted by Gasteiger charge is -2.32. The Balaban J connectivity index is 1.92. The molecule has 0 bridgehead atoms. The Morgan fingerprint density at radius 3 is 1.33 bits per heavy atom. The van der Waals surface area contributed by atoms with E-state index in [1.165, 1.54) is 51.6 Å². The molecule has 0 aliphatic heterocycles. The maximum atomic E-state index is 2.53. The molecule has 0 N–H and O–H groups in total. The van der Waals surface area contributed by atoms with Crippen LogP contribution in [-0.4, -0.2) is 0 Å². The summed E-state index contributed by atoms with van der Waals surface area (Å²) in [6, 6.07) is 31.4. The number of hydrogen-bond donors (Lipinski definition) is 0. The van der Waals surface area contributed by atoms with E-state index < -0.39 is 0 Å². The van der Waals surface area contributed by atoms with Crippen LogP contribution in [0.3, 0.4) is 0 Å². The normalized spacial score (nSPS) is 14.6. The standard InChI is InChI=1S/C25H14I2/c26-21-13-5-9-17-15-7-1-3-11-19(15)25(23(17)21)20-12-4-2-8-16(20)18-10-6-14-22(27)24(18)25/h1-14H. The summed E-state index contributed by atoms with van der Waals surface area (Å²) in [6.45, 7) is 0. The SMILES string of the molecule is Ic1cccc2c1C1(c3ccccc3-2)c2ccccc2-c2cccc(I)c21. The average Bonchev–Trinajstić information content (AvgIpc) is 3.17. The Kier molecular flexibility index (Phi) is 3.43. The van der Waals surface area contributed by atoms with E-state index in [9.17, 15) is 0 Å². The summed E-state index contributed by atoms with van der Waals surface area (Å²) in [5.74, 6) is 0. The van der Waals surface area contributed by atoms with Crippen molar-refractivity contribution in [2.45, 2.75) is 5.41 Å². The van der Waals surface area contributed by atoms with E-state index in [0.717, 1.165) is 0 Å². The van der Waals surface area contributed by atoms with Gasteiger partial charge in [-0.05, 0) is 102 Å². The van der Waals surface area contributed by atoms with Crippen LogP contribution in [0.1, 0.15) is 22.3 Å². The first-order valence-corrected chi connectivity index (χ1v) is 11.2. The van der Waals surface area contributed by atoms with Crippen molar-refractivity contribution in [2.75, 3.05) is 0 Å². The molecule has 0 radical (unpaired) electrons. The lowest BCUT2D eigenvalue weighted by atomic mass is 9.70. The largest absolute Gasteiger partial charge is 0.0746 e. The van der Waals surface area contributed by atoms with Gasteiger partial charge in [0.25, 0.3) is 0 Å². The Hall–Kier alpha value is -1.66. The molecule has 2 aliphatic carbocycles. The van der Waals surface area contributed by atoms with Gasteiger partial charge >= 0.3 is 0 Å². The molecule has 0 aromatic heterocycles. The van der Waals surface area contributed by atoms with E-state index in [0.29, 0.717) is 0 Å². The van der Waals surface area contributed by atoms with Gasteiger partial charge in [0.05, 0.1) is 5.41 Å². The molecular formula is C25H14I2. The highest BCUT2D eigenvalue weighted by Gasteiger charge is 2.53. The highest BCUT2D eigenvalue weighted by atomic mass is 127. The summed E-state index contributed by atoms with van der Waals surface area (Å²) in [5.41, 5.74) is 11.0. The first-order chi connectivity index (χ1) is 13.2. The number of hydrogen-bond acceptors (Lipinski definition) is 0. The molecule has 0 saturated heterocycles. The minimum atomic E-state index is -0.215. The zero-order chi connectivity index (χ0) is 18.2. The zero-order valence-corrected chi connectivity index (χ0v) is 18.7. The molecule has 1 spiro atoms. The molecule has 0 unspecified atom stereocenters. The third kappa shape index (κ3) is 1.88. The van der Waals surface area contributed by atoms with Crippen LogP contribution in [-0.2, 0) is 5.41 Å². The monoisotopic (exact) mass is 568 g/mol. The van der Waals surface area contributed by atoms with Gasteiger partial charge in [0, 0.05) is 7.14 Å². The molecule has 4 aromatic rings. The van der Waals surface area contributed by atoms with E-state index in [2.05, 4.69) is 130 Å². The van der Waals surface area contributed by atoms with Crippen molar-refractivity contribution in [3.8, 4) is 22.3 Å². The van der Waals surface area contributed by atoms with E-state index in [4.69, 9.17) is 0 Å². The quantitative estimate of drug-likeness (QED) is 0.170. The fourth-order valence-corrected chi connectivity index (χ4v) is 6.96. The van der Waals surface area contributed by atoms with Gasteiger partial charge in [0.1, 0.15) is 0 Å². The van der Waals surface area contributed by atoms with Crippen LogP contribution in [0.2, 0.25) is 0 Å². The summed E-state index contributed by atoms with van der Waals surface area (Å²) < 4.78 is 2.67. The molecule has 128 valence electrons. The molecule has 2 aliphatic rings. The van der Waals surface area contributed by atoms with E-state index in [-0.39, 0.29) is 5.41 Å². The van der Waals surface area contributed by atoms with Crippen LogP contribution >= 0.6 is 45.2 Å². The first-order valence-electron chi connectivity index (χ1n) is 9.02. The molecular weight excluding hydrogens is 554 g/mol. The van der Waals surface area contributed by atoms with Crippen LogP contribution in [0.15, 0.2) is 84.9 Å². The topological polar surface area (TPSA) is 0 Å². The molecule has 0 atom stereocenters. The Labute approximate surface area is 185 Å². The van der Waals surface area contributed by atoms with Gasteiger partial charge in [-0.3, -0.25) is 0 Å². The van der Waals surface area contributed by atoms with Gasteiger partial charge in [-0.25, -0.2) is 0 Å². The molecule has 0 saturated carbocycles. The van der Waals surface area contributed by atoms with Crippen LogP contribution in [0.5, 0.6) is 0 Å². The lowest BCUT2D eigenvalue weighted by Crippen LogP contribution is -2.27. The predicted octanol–water partition coefficient (Wildman–Crippen LogP) is 7.24. The molecule has 27 heavy (non-hydrogen) atoms. The average molecular weight is 568 g/mol. The molecule has 2 heteroatoms. The number of halogens is 2. The predicted molar refractivity (Wildman–Crippen MR) is 128 cm³/mol. The maximum absolute atomic E-state index is 2.53. The van der Waals surface area contributed by atoms with Crippen molar-refractivity contribution in [3.63, 3.8) is 0 Å². The van der Waals surface area contributed by atoms with Crippen molar-refractivity contribution >= 4 is 45.2 Å². The second-order valence-electron chi connectivity index (χ2n) is 7.17. The summed E-state index contributed by atoms with van der Waals surface area (Å²) in [5, 5.41) is 0. The molecule has 0 amide bonds. The Morgan fingerprint density at radius 1 is 0.444 bits per heavy atom. The highest BCUT2D eigenvalue weighted by Crippen LogP contribution is 2.64. The summed E-state index contributed by atoms with van der Waals surface area (Å²) in [7, 11) is 0. The van der Waals surface area contributed by atoms with Crippen molar-refractivity contribution in [1.29, 1.82) is 0 Å². The Bertz CT molecular complexity index is 1150. The second kappa shape index (κ2) is 5.67. The van der Waals surface area contributed by atoms with Gasteiger partial charge < -0.3 is 0 Å². The smallest absolute Gasteiger partial charge is 0.0619 e. The highest BCUT2D eigenvalue weighted by molar-refractivity contribution is 14.1. The molecule has 6 rings (SSSR count). The van der Waals surface area contributed by atoms with Gasteiger partial charge in [-0.15, -0.1) is 0 Å². The molecule has 4 aromatic carbocycles. The van der Waals surface area contributed by atoms with E-state index in [1.54, 1.807) is 0 Å². The van der Waals surface area contributed by atoms with E-state index >= 15 is 0 Å². The first kappa shape index (κ1) is 16.3. The number of fused-ring (bicyclic) bond motifs is 10. The summed E-state index contributed by atoms with van der Waals surface area (Å²) in [4.78, 5) is 0. The lowest BCUT2D eigenvalue weighted by molar-refractivity contribution is 0.783. The van der Waals surface area contributed by atoms with Gasteiger partial charge in [0.2, 0.25) is 0 Å². The number of benzene rings is 4. The minimum Gasteiger partial charge on any atom is -0.0619 e. The molecule has 0 fully saturated rings. The van der Waals surface area contributed by atoms with Crippen molar-refractivity contribution in [3.05, 3.63) is 114 Å². The van der Waals surface area contributed by atoms with Crippen LogP contribution in [0.4, 0.5) is 0 Å². The molecule has 0 heterocycles. The summed E-state index contributed by atoms with van der Waals surface area (Å²) in [6.07, 6.45) is 0. The fourth-order valence-electron chi connectivity index (χ4n) is 5.16.